The Hall–Kier alpha value is -11.2. The van der Waals surface area contributed by atoms with Crippen molar-refractivity contribution in [1.82, 2.24) is 50.5 Å². The number of carboxylic acid groups (broad SMARTS) is 1. The Balaban J connectivity index is 0.000000144. The third-order valence-electron chi connectivity index (χ3n) is 19.6. The van der Waals surface area contributed by atoms with Gasteiger partial charge in [0, 0.05) is 34.7 Å². The van der Waals surface area contributed by atoms with Crippen LogP contribution in [0, 0.1) is 0 Å². The Bertz CT molecular complexity index is 4260. The average Bonchev–Trinajstić information content (AvgIpc) is 0.816. The Morgan fingerprint density at radius 3 is 0.963 bits per heavy atom. The number of benzene rings is 3. The molecule has 7 amide bonds. The van der Waals surface area contributed by atoms with Crippen molar-refractivity contribution < 1.29 is 91.0 Å². The predicted molar refractivity (Wildman–Crippen MR) is 385 cm³/mol. The highest BCUT2D eigenvalue weighted by molar-refractivity contribution is 6.09. The average molecular weight is 1470 g/mol. The zero-order valence-corrected chi connectivity index (χ0v) is 59.3. The molecule has 0 bridgehead atoms. The van der Waals surface area contributed by atoms with Gasteiger partial charge in [-0.2, -0.15) is 0 Å². The van der Waals surface area contributed by atoms with E-state index in [1.54, 1.807) is 29.6 Å². The molecule has 107 heavy (non-hydrogen) atoms. The number of morpholine rings is 4. The van der Waals surface area contributed by atoms with Gasteiger partial charge in [0.25, 0.3) is 17.7 Å². The summed E-state index contributed by atoms with van der Waals surface area (Å²) < 4.78 is 36.3. The highest BCUT2D eigenvalue weighted by atomic mass is 16.5. The van der Waals surface area contributed by atoms with Crippen LogP contribution in [0.4, 0.5) is 0 Å². The van der Waals surface area contributed by atoms with Crippen LogP contribution in [0.15, 0.2) is 158 Å². The summed E-state index contributed by atoms with van der Waals surface area (Å²) in [5, 5.41) is 22.7. The lowest BCUT2D eigenvalue weighted by molar-refractivity contribution is -0.167. The van der Waals surface area contributed by atoms with Crippen LogP contribution >= 0.6 is 0 Å². The molecule has 0 spiro atoms. The maximum Gasteiger partial charge on any atom is 0.331 e. The number of pyridine rings is 3. The minimum Gasteiger partial charge on any atom is -0.480 e. The maximum absolute atomic E-state index is 13.4. The lowest BCUT2D eigenvalue weighted by Gasteiger charge is -2.42. The number of methoxy groups -OCH3 is 3. The summed E-state index contributed by atoms with van der Waals surface area (Å²) in [6.07, 6.45) is 23.7. The minimum atomic E-state index is -1.12. The SMILES string of the molecule is COC(=O)[C@@H]1COC[C@@H]2C/C=C\C[C@H](N)C(=O)N21.COC(=O)[C@@H]1COC[C@@H]2C/C=C\C[C@H](NC(=O)c3nccc4ccccc34)C(=O)N21.COC(=O)[C@@H]1COC[C@@H]2C/C=C\C[C@H](NC(=O)c3nccc4ccccc34)C(=O)N21.O=C(N[C@H]1C/C=C\C[C@H]2COC[C@@H](C(=O)O)N2C1=O)c1nccc2ccccc12. The number of nitrogens with one attached hydrogen (secondary N) is 3. The number of hydrogen-bond donors (Lipinski definition) is 5. The normalized spacial score (nSPS) is 26.7. The fraction of sp³-hybridized carbons (Fsp3) is 0.403. The first kappa shape index (κ1) is 76.9. The van der Waals surface area contributed by atoms with Gasteiger partial charge >= 0.3 is 23.9 Å². The number of fused-ring (bicyclic) bond motifs is 7. The number of nitrogens with zero attached hydrogens (tertiary/aromatic N) is 7. The fourth-order valence-electron chi connectivity index (χ4n) is 14.2. The van der Waals surface area contributed by atoms with E-state index in [9.17, 15) is 57.8 Å². The van der Waals surface area contributed by atoms with Crippen molar-refractivity contribution >= 4 is 97.5 Å². The first-order valence-electron chi connectivity index (χ1n) is 35.3. The van der Waals surface area contributed by atoms with Crippen LogP contribution in [0.3, 0.4) is 0 Å². The van der Waals surface area contributed by atoms with Crippen LogP contribution in [0.5, 0.6) is 0 Å². The molecule has 6 aromatic rings. The highest BCUT2D eigenvalue weighted by Gasteiger charge is 2.47. The van der Waals surface area contributed by atoms with Gasteiger partial charge in [-0.1, -0.05) is 121 Å². The van der Waals surface area contributed by atoms with E-state index >= 15 is 0 Å². The number of aromatic nitrogens is 3. The summed E-state index contributed by atoms with van der Waals surface area (Å²) in [7, 11) is 3.87. The molecule has 0 aliphatic carbocycles. The molecule has 11 heterocycles. The molecule has 0 unspecified atom stereocenters. The molecule has 0 radical (unpaired) electrons. The van der Waals surface area contributed by atoms with Crippen LogP contribution in [0.2, 0.25) is 0 Å². The summed E-state index contributed by atoms with van der Waals surface area (Å²) in [5.74, 6) is -5.22. The van der Waals surface area contributed by atoms with Crippen molar-refractivity contribution in [2.45, 2.75) is 124 Å². The molecule has 8 aliphatic rings. The van der Waals surface area contributed by atoms with Crippen molar-refractivity contribution in [1.29, 1.82) is 0 Å². The molecule has 6 N–H and O–H groups in total. The van der Waals surface area contributed by atoms with Crippen LogP contribution in [-0.4, -0.2) is 252 Å². The zero-order chi connectivity index (χ0) is 75.7. The van der Waals surface area contributed by atoms with E-state index in [1.807, 2.05) is 134 Å². The molecule has 30 nitrogen and oxygen atoms in total. The maximum atomic E-state index is 13.4. The van der Waals surface area contributed by atoms with Crippen molar-refractivity contribution in [2.75, 3.05) is 74.2 Å². The second-order valence-electron chi connectivity index (χ2n) is 26.3. The van der Waals surface area contributed by atoms with Gasteiger partial charge in [0.2, 0.25) is 23.6 Å². The van der Waals surface area contributed by atoms with Crippen molar-refractivity contribution in [2.24, 2.45) is 5.73 Å². The van der Waals surface area contributed by atoms with Crippen LogP contribution < -0.4 is 21.7 Å². The predicted octanol–water partition coefficient (Wildman–Crippen LogP) is 3.70. The van der Waals surface area contributed by atoms with Crippen LogP contribution in [0.1, 0.15) is 82.8 Å². The molecular formula is C77H85N11O19. The fourth-order valence-corrected chi connectivity index (χ4v) is 14.2. The molecule has 0 saturated carbocycles. The summed E-state index contributed by atoms with van der Waals surface area (Å²) in [6, 6.07) is 20.1. The Morgan fingerprint density at radius 2 is 0.654 bits per heavy atom. The molecule has 8 aliphatic heterocycles. The molecule has 12 atom stereocenters. The Labute approximate surface area is 615 Å². The minimum absolute atomic E-state index is 0.0627. The number of carbonyl (C=O) groups excluding carboxylic acids is 10. The molecule has 4 fully saturated rings. The molecule has 14 rings (SSSR count). The van der Waals surface area contributed by atoms with E-state index in [0.29, 0.717) is 80.9 Å². The van der Waals surface area contributed by atoms with Gasteiger partial charge in [-0.15, -0.1) is 0 Å². The molecule has 3 aromatic heterocycles. The van der Waals surface area contributed by atoms with Gasteiger partial charge in [-0.05, 0) is 85.7 Å². The number of amides is 7. The largest absolute Gasteiger partial charge is 0.480 e. The van der Waals surface area contributed by atoms with E-state index in [1.165, 1.54) is 36.0 Å². The Kier molecular flexibility index (Phi) is 26.0. The third kappa shape index (κ3) is 17.9. The van der Waals surface area contributed by atoms with Gasteiger partial charge in [0.1, 0.15) is 35.2 Å². The number of carboxylic acids is 1. The standard InChI is InChI=1S/2C22H23N3O5.C21H21N3O5.C12H18N2O4/c2*1-29-22(28)18-13-30-12-15-7-3-5-9-17(21(27)25(15)18)24-20(26)19-16-8-4-2-6-14(16)10-11-23-19;25-19(18-15-7-3-1-5-13(15)9-10-22-18)23-16-8-4-2-6-14-11-29-12-17(21(27)28)24(14)20(16)26;1-17-12(16)10-7-18-6-8-4-2-3-5-9(13)11(15)14(8)10/h2*2-6,8,10-11,15,17-18H,7,9,12-13H2,1H3,(H,24,26);1-5,7,9-10,14,16-17H,6,8,11-12H2,(H,23,25)(H,27,28);2-3,8-10H,4-7,13H2,1H3/b2*5-3-;4-2-;3-2-/t2*15-,17-,18-;14-,16-,17-;8-,9-,10-/m0000/s1. The highest BCUT2D eigenvalue weighted by Crippen LogP contribution is 2.29. The Morgan fingerprint density at radius 1 is 0.383 bits per heavy atom. The molecular weight excluding hydrogens is 1380 g/mol. The van der Waals surface area contributed by atoms with Crippen LogP contribution in [0.25, 0.3) is 32.3 Å². The number of carbonyl (C=O) groups is 11. The zero-order valence-electron chi connectivity index (χ0n) is 59.3. The first-order chi connectivity index (χ1) is 51.9. The van der Waals surface area contributed by atoms with Gasteiger partial charge < -0.3 is 79.5 Å². The number of nitrogens with two attached hydrogens (primary N) is 1. The number of hydrogen-bond acceptors (Lipinski definition) is 22. The summed E-state index contributed by atoms with van der Waals surface area (Å²) in [6.45, 7) is 1.61. The van der Waals surface area contributed by atoms with E-state index in [2.05, 4.69) is 30.9 Å². The first-order valence-corrected chi connectivity index (χ1v) is 35.3. The lowest BCUT2D eigenvalue weighted by Crippen LogP contribution is -2.62. The molecule has 562 valence electrons. The van der Waals surface area contributed by atoms with Crippen molar-refractivity contribution in [3.63, 3.8) is 0 Å². The van der Waals surface area contributed by atoms with E-state index in [0.717, 1.165) is 16.2 Å². The molecule has 4 saturated heterocycles. The third-order valence-corrected chi connectivity index (χ3v) is 19.6. The summed E-state index contributed by atoms with van der Waals surface area (Å²) in [4.78, 5) is 158. The summed E-state index contributed by atoms with van der Waals surface area (Å²) >= 11 is 0. The van der Waals surface area contributed by atoms with Gasteiger partial charge in [0.15, 0.2) is 24.2 Å². The van der Waals surface area contributed by atoms with E-state index in [4.69, 9.17) is 38.9 Å². The molecule has 30 heteroatoms. The number of aliphatic carboxylic acids is 1. The lowest BCUT2D eigenvalue weighted by atomic mass is 10.00. The van der Waals surface area contributed by atoms with Gasteiger partial charge in [-0.25, -0.2) is 19.2 Å². The van der Waals surface area contributed by atoms with Crippen LogP contribution in [-0.2, 0) is 71.5 Å². The quantitative estimate of drug-likeness (QED) is 0.0741. The number of rotatable bonds is 10. The van der Waals surface area contributed by atoms with Gasteiger partial charge in [0.05, 0.1) is 104 Å². The second kappa shape index (κ2) is 36.2. The monoisotopic (exact) mass is 1470 g/mol. The van der Waals surface area contributed by atoms with Crippen molar-refractivity contribution in [3.8, 4) is 0 Å². The van der Waals surface area contributed by atoms with E-state index < -0.39 is 95.8 Å². The van der Waals surface area contributed by atoms with Gasteiger partial charge in [-0.3, -0.25) is 48.5 Å². The number of ether oxygens (including phenoxy) is 7. The summed E-state index contributed by atoms with van der Waals surface area (Å²) in [5.41, 5.74) is 6.57. The van der Waals surface area contributed by atoms with E-state index in [-0.39, 0.29) is 98.4 Å². The number of esters is 3. The van der Waals surface area contributed by atoms with Crippen molar-refractivity contribution in [3.05, 3.63) is 175 Å². The smallest absolute Gasteiger partial charge is 0.331 e. The topological polar surface area (TPSA) is 386 Å². The molecule has 3 aromatic carbocycles. The second-order valence-corrected chi connectivity index (χ2v) is 26.3.